The molecule has 0 spiro atoms. The number of hydrogen-bond donors (Lipinski definition) is 0. The summed E-state index contributed by atoms with van der Waals surface area (Å²) in [5, 5.41) is 14.2. The largest absolute Gasteiger partial charge is 0.256 e. The number of nitrogens with zero attached hydrogens (tertiary/aromatic N) is 6. The smallest absolute Gasteiger partial charge is 0.0725 e. The van der Waals surface area contributed by atoms with Crippen molar-refractivity contribution in [3.63, 3.8) is 0 Å². The van der Waals surface area contributed by atoms with Crippen LogP contribution in [0.5, 0.6) is 0 Å². The highest BCUT2D eigenvalue weighted by atomic mass is 14.7. The second kappa shape index (κ2) is 20.3. The third-order valence-corrected chi connectivity index (χ3v) is 16.3. The number of fused-ring (bicyclic) bond motifs is 10. The van der Waals surface area contributed by atoms with Crippen molar-refractivity contribution in [1.82, 2.24) is 29.9 Å². The van der Waals surface area contributed by atoms with Gasteiger partial charge in [-0.15, -0.1) is 0 Å². The zero-order valence-corrected chi connectivity index (χ0v) is 45.4. The fourth-order valence-electron chi connectivity index (χ4n) is 12.0. The Hall–Kier alpha value is -11.3. The number of aromatic nitrogens is 6. The van der Waals surface area contributed by atoms with E-state index in [-0.39, 0.29) is 0 Å². The lowest BCUT2D eigenvalue weighted by atomic mass is 9.93. The van der Waals surface area contributed by atoms with Gasteiger partial charge in [-0.25, -0.2) is 19.9 Å². The van der Waals surface area contributed by atoms with Crippen LogP contribution >= 0.6 is 0 Å². The van der Waals surface area contributed by atoms with Gasteiger partial charge in [0.2, 0.25) is 0 Å². The van der Waals surface area contributed by atoms with Gasteiger partial charge in [0.25, 0.3) is 0 Å². The first-order valence-corrected chi connectivity index (χ1v) is 28.3. The SMILES string of the molecule is c1ccc2ncc(-c3ccc4ccc(-c5ccc6ccc(-c7cc8ccccc8c8ccccc78)cc6n5)cc4n3)cc2c1.c1ccc2ncc(-c3ccc4ccc(-c5ccc6ccc(-c7cccc8ccccc78)cc6n5)cc4n3)cc2c1. The average molecular weight is 1070 g/mol. The number of rotatable bonds is 6. The average Bonchev–Trinajstić information content (AvgIpc) is 3.70. The van der Waals surface area contributed by atoms with Crippen molar-refractivity contribution in [2.24, 2.45) is 0 Å². The summed E-state index contributed by atoms with van der Waals surface area (Å²) in [5.74, 6) is 0. The van der Waals surface area contributed by atoms with Crippen molar-refractivity contribution in [2.45, 2.75) is 0 Å². The second-order valence-electron chi connectivity index (χ2n) is 21.5. The molecule has 0 amide bonds. The fraction of sp³-hybridized carbons (Fsp3) is 0. The predicted octanol–water partition coefficient (Wildman–Crippen LogP) is 20.1. The molecule has 17 rings (SSSR count). The van der Waals surface area contributed by atoms with E-state index in [4.69, 9.17) is 19.9 Å². The van der Waals surface area contributed by atoms with Crippen molar-refractivity contribution in [3.05, 3.63) is 291 Å². The molecule has 0 aliphatic rings. The molecule has 17 aromatic rings. The molecule has 6 aromatic heterocycles. The molecule has 11 aromatic carbocycles. The maximum atomic E-state index is 5.16. The van der Waals surface area contributed by atoms with Gasteiger partial charge in [-0.1, -0.05) is 200 Å². The molecule has 84 heavy (non-hydrogen) atoms. The molecule has 0 radical (unpaired) electrons. The molecule has 0 aliphatic carbocycles. The summed E-state index contributed by atoms with van der Waals surface area (Å²) in [6, 6.07) is 98.1. The van der Waals surface area contributed by atoms with Crippen molar-refractivity contribution >= 4 is 97.7 Å². The van der Waals surface area contributed by atoms with Crippen molar-refractivity contribution < 1.29 is 0 Å². The highest BCUT2D eigenvalue weighted by Gasteiger charge is 2.14. The summed E-state index contributed by atoms with van der Waals surface area (Å²) in [5.41, 5.74) is 18.4. The van der Waals surface area contributed by atoms with E-state index < -0.39 is 0 Å². The van der Waals surface area contributed by atoms with Crippen LogP contribution in [-0.2, 0) is 0 Å². The summed E-state index contributed by atoms with van der Waals surface area (Å²) < 4.78 is 0. The lowest BCUT2D eigenvalue weighted by Crippen LogP contribution is -1.90. The van der Waals surface area contributed by atoms with Gasteiger partial charge in [0.05, 0.1) is 55.9 Å². The molecule has 390 valence electrons. The molecule has 0 aliphatic heterocycles. The van der Waals surface area contributed by atoms with Crippen molar-refractivity contribution in [1.29, 1.82) is 0 Å². The Morgan fingerprint density at radius 1 is 0.179 bits per heavy atom. The monoisotopic (exact) mass is 1070 g/mol. The number of hydrogen-bond acceptors (Lipinski definition) is 6. The molecule has 0 bridgehead atoms. The van der Waals surface area contributed by atoms with E-state index in [1.807, 2.05) is 48.8 Å². The van der Waals surface area contributed by atoms with Crippen LogP contribution in [0.4, 0.5) is 0 Å². The zero-order valence-electron chi connectivity index (χ0n) is 45.4. The quantitative estimate of drug-likeness (QED) is 0.154. The summed E-state index contributed by atoms with van der Waals surface area (Å²) in [6.45, 7) is 0. The summed E-state index contributed by atoms with van der Waals surface area (Å²) >= 11 is 0. The molecule has 6 heteroatoms. The first-order valence-electron chi connectivity index (χ1n) is 28.3. The van der Waals surface area contributed by atoms with E-state index in [1.165, 1.54) is 49.0 Å². The van der Waals surface area contributed by atoms with E-state index in [0.29, 0.717) is 0 Å². The minimum atomic E-state index is 0.909. The van der Waals surface area contributed by atoms with Crippen molar-refractivity contribution in [3.8, 4) is 67.3 Å². The van der Waals surface area contributed by atoms with E-state index in [1.54, 1.807) is 0 Å². The Balaban J connectivity index is 0.000000138. The standard InChI is InChI=1S/C41H25N3.C37H23N3/c1-3-9-33-28(7-1)22-36(35-11-5-4-10-34(33)35)29-15-13-26-17-19-38(43-40(26)23-29)31-16-14-27-18-20-39(44-41(27)24-31)32-21-30-8-2-6-12-37(30)42-25-32;1-3-9-31-24(6-1)8-5-10-32(31)27-14-12-25-16-18-34(39-36(25)21-27)29-15-13-26-17-19-35(40-37(26)22-29)30-20-28-7-2-4-11-33(28)38-23-30/h1-25H;1-23H. The molecule has 0 saturated carbocycles. The molecular formula is C78H48N6. The molecule has 0 unspecified atom stereocenters. The highest BCUT2D eigenvalue weighted by Crippen LogP contribution is 2.38. The van der Waals surface area contributed by atoms with Crippen LogP contribution in [0.2, 0.25) is 0 Å². The first kappa shape index (κ1) is 48.6. The number of para-hydroxylation sites is 2. The highest BCUT2D eigenvalue weighted by molar-refractivity contribution is 6.14. The van der Waals surface area contributed by atoms with Crippen LogP contribution in [0.3, 0.4) is 0 Å². The van der Waals surface area contributed by atoms with Gasteiger partial charge in [-0.2, -0.15) is 0 Å². The fourth-order valence-corrected chi connectivity index (χ4v) is 12.0. The van der Waals surface area contributed by atoms with E-state index in [9.17, 15) is 0 Å². The number of benzene rings is 11. The molecule has 6 heterocycles. The van der Waals surface area contributed by atoms with Crippen LogP contribution in [0.25, 0.3) is 165 Å². The van der Waals surface area contributed by atoms with E-state index in [2.05, 4.69) is 253 Å². The molecule has 0 fully saturated rings. The molecular weight excluding hydrogens is 1020 g/mol. The van der Waals surface area contributed by atoms with Crippen LogP contribution < -0.4 is 0 Å². The van der Waals surface area contributed by atoms with Gasteiger partial charge in [-0.3, -0.25) is 9.97 Å². The van der Waals surface area contributed by atoms with Crippen LogP contribution in [0.15, 0.2) is 291 Å². The molecule has 6 nitrogen and oxygen atoms in total. The molecule has 0 N–H and O–H groups in total. The summed E-state index contributed by atoms with van der Waals surface area (Å²) in [7, 11) is 0. The summed E-state index contributed by atoms with van der Waals surface area (Å²) in [6.07, 6.45) is 3.81. The topological polar surface area (TPSA) is 77.3 Å². The van der Waals surface area contributed by atoms with Crippen LogP contribution in [0.1, 0.15) is 0 Å². The van der Waals surface area contributed by atoms with Gasteiger partial charge in [0.1, 0.15) is 0 Å². The Morgan fingerprint density at radius 2 is 0.548 bits per heavy atom. The minimum absolute atomic E-state index is 0.909. The summed E-state index contributed by atoms with van der Waals surface area (Å²) in [4.78, 5) is 29.6. The van der Waals surface area contributed by atoms with Gasteiger partial charge < -0.3 is 0 Å². The van der Waals surface area contributed by atoms with Gasteiger partial charge in [0.15, 0.2) is 0 Å². The Labute approximate surface area is 483 Å². The van der Waals surface area contributed by atoms with Crippen LogP contribution in [-0.4, -0.2) is 29.9 Å². The Bertz CT molecular complexity index is 5470. The van der Waals surface area contributed by atoms with E-state index in [0.717, 1.165) is 116 Å². The first-order chi connectivity index (χ1) is 41.5. The lowest BCUT2D eigenvalue weighted by Gasteiger charge is -2.12. The minimum Gasteiger partial charge on any atom is -0.256 e. The van der Waals surface area contributed by atoms with E-state index >= 15 is 0 Å². The second-order valence-corrected chi connectivity index (χ2v) is 21.5. The normalized spacial score (nSPS) is 11.6. The zero-order chi connectivity index (χ0) is 55.5. The maximum Gasteiger partial charge on any atom is 0.0725 e. The van der Waals surface area contributed by atoms with Gasteiger partial charge in [0, 0.05) is 67.0 Å². The Kier molecular flexibility index (Phi) is 11.8. The Morgan fingerprint density at radius 3 is 1.07 bits per heavy atom. The van der Waals surface area contributed by atoms with Gasteiger partial charge >= 0.3 is 0 Å². The lowest BCUT2D eigenvalue weighted by molar-refractivity contribution is 1.35. The van der Waals surface area contributed by atoms with Crippen LogP contribution in [0, 0.1) is 0 Å². The number of pyridine rings is 6. The van der Waals surface area contributed by atoms with Gasteiger partial charge in [-0.05, 0) is 133 Å². The molecule has 0 atom stereocenters. The maximum absolute atomic E-state index is 5.16. The third-order valence-electron chi connectivity index (χ3n) is 16.3. The molecule has 0 saturated heterocycles. The predicted molar refractivity (Wildman–Crippen MR) is 350 cm³/mol. The van der Waals surface area contributed by atoms with Crippen molar-refractivity contribution in [2.75, 3.05) is 0 Å². The third kappa shape index (κ3) is 8.96.